The summed E-state index contributed by atoms with van der Waals surface area (Å²) in [6, 6.07) is 4.04. The zero-order valence-corrected chi connectivity index (χ0v) is 13.8. The largest absolute Gasteiger partial charge is 0.493 e. The van der Waals surface area contributed by atoms with Crippen LogP contribution in [0.15, 0.2) is 29.3 Å². The molecule has 0 bridgehead atoms. The van der Waals surface area contributed by atoms with Gasteiger partial charge in [0.1, 0.15) is 6.61 Å². The SMILES string of the molecule is C=CCOc1c(Br)cc(CNCCCNC)cc1OC. The van der Waals surface area contributed by atoms with Crippen molar-refractivity contribution >= 4 is 15.9 Å². The van der Waals surface area contributed by atoms with Crippen molar-refractivity contribution < 1.29 is 9.47 Å². The van der Waals surface area contributed by atoms with E-state index in [1.165, 1.54) is 0 Å². The van der Waals surface area contributed by atoms with Crippen molar-refractivity contribution in [3.05, 3.63) is 34.8 Å². The summed E-state index contributed by atoms with van der Waals surface area (Å²) in [6.07, 6.45) is 2.82. The van der Waals surface area contributed by atoms with Crippen molar-refractivity contribution in [2.24, 2.45) is 0 Å². The first-order valence-corrected chi connectivity index (χ1v) is 7.47. The average Bonchev–Trinajstić information content (AvgIpc) is 2.45. The molecular formula is C15H23BrN2O2. The molecule has 0 heterocycles. The fourth-order valence-corrected chi connectivity index (χ4v) is 2.38. The maximum absolute atomic E-state index is 5.60. The molecule has 0 aromatic heterocycles. The predicted molar refractivity (Wildman–Crippen MR) is 86.6 cm³/mol. The van der Waals surface area contributed by atoms with Gasteiger partial charge in [-0.25, -0.2) is 0 Å². The normalized spacial score (nSPS) is 10.3. The van der Waals surface area contributed by atoms with Crippen LogP contribution in [0.2, 0.25) is 0 Å². The van der Waals surface area contributed by atoms with Gasteiger partial charge in [-0.15, -0.1) is 0 Å². The first-order chi connectivity index (χ1) is 9.72. The lowest BCUT2D eigenvalue weighted by Gasteiger charge is -2.14. The summed E-state index contributed by atoms with van der Waals surface area (Å²) in [5.74, 6) is 1.44. The molecule has 0 atom stereocenters. The molecule has 1 aromatic carbocycles. The lowest BCUT2D eigenvalue weighted by atomic mass is 10.2. The molecule has 1 aromatic rings. The Balaban J connectivity index is 2.64. The van der Waals surface area contributed by atoms with E-state index in [1.807, 2.05) is 19.2 Å². The van der Waals surface area contributed by atoms with Gasteiger partial charge in [0.25, 0.3) is 0 Å². The molecule has 0 aliphatic carbocycles. The van der Waals surface area contributed by atoms with Gasteiger partial charge in [-0.1, -0.05) is 12.7 Å². The van der Waals surface area contributed by atoms with Gasteiger partial charge in [0.2, 0.25) is 0 Å². The smallest absolute Gasteiger partial charge is 0.175 e. The van der Waals surface area contributed by atoms with E-state index in [2.05, 4.69) is 33.1 Å². The van der Waals surface area contributed by atoms with Crippen molar-refractivity contribution in [2.75, 3.05) is 33.9 Å². The van der Waals surface area contributed by atoms with Crippen LogP contribution in [-0.4, -0.2) is 33.9 Å². The lowest BCUT2D eigenvalue weighted by molar-refractivity contribution is 0.324. The van der Waals surface area contributed by atoms with Crippen molar-refractivity contribution in [1.29, 1.82) is 0 Å². The van der Waals surface area contributed by atoms with E-state index in [9.17, 15) is 0 Å². The lowest BCUT2D eigenvalue weighted by Crippen LogP contribution is -2.19. The Bertz CT molecular complexity index is 425. The third-order valence-electron chi connectivity index (χ3n) is 2.74. The van der Waals surface area contributed by atoms with E-state index in [0.29, 0.717) is 12.4 Å². The summed E-state index contributed by atoms with van der Waals surface area (Å²) < 4.78 is 11.9. The highest BCUT2D eigenvalue weighted by molar-refractivity contribution is 9.10. The van der Waals surface area contributed by atoms with E-state index in [4.69, 9.17) is 9.47 Å². The zero-order chi connectivity index (χ0) is 14.8. The molecule has 0 fully saturated rings. The quantitative estimate of drug-likeness (QED) is 0.506. The second kappa shape index (κ2) is 9.80. The van der Waals surface area contributed by atoms with Gasteiger partial charge in [-0.2, -0.15) is 0 Å². The Morgan fingerprint density at radius 2 is 2.15 bits per heavy atom. The second-order valence-electron chi connectivity index (χ2n) is 4.34. The molecular weight excluding hydrogens is 320 g/mol. The molecule has 0 radical (unpaired) electrons. The maximum atomic E-state index is 5.60. The molecule has 0 spiro atoms. The van der Waals surface area contributed by atoms with Gasteiger partial charge in [0.05, 0.1) is 11.6 Å². The van der Waals surface area contributed by atoms with Crippen LogP contribution in [-0.2, 0) is 6.54 Å². The molecule has 5 heteroatoms. The number of hydrogen-bond acceptors (Lipinski definition) is 4. The minimum Gasteiger partial charge on any atom is -0.493 e. The monoisotopic (exact) mass is 342 g/mol. The highest BCUT2D eigenvalue weighted by Crippen LogP contribution is 2.36. The number of benzene rings is 1. The predicted octanol–water partition coefficient (Wildman–Crippen LogP) is 2.72. The second-order valence-corrected chi connectivity index (χ2v) is 5.20. The summed E-state index contributed by atoms with van der Waals surface area (Å²) in [5.41, 5.74) is 1.16. The standard InChI is InChI=1S/C15H23BrN2O2/c1-4-8-20-15-13(16)9-12(10-14(15)19-3)11-18-7-5-6-17-2/h4,9-10,17-18H,1,5-8,11H2,2-3H3. The van der Waals surface area contributed by atoms with Crippen LogP contribution in [0.3, 0.4) is 0 Å². The van der Waals surface area contributed by atoms with Crippen LogP contribution in [0.1, 0.15) is 12.0 Å². The Labute approximate surface area is 129 Å². The summed E-state index contributed by atoms with van der Waals surface area (Å²) in [7, 11) is 3.61. The van der Waals surface area contributed by atoms with E-state index >= 15 is 0 Å². The first-order valence-electron chi connectivity index (χ1n) is 6.68. The molecule has 4 nitrogen and oxygen atoms in total. The molecule has 20 heavy (non-hydrogen) atoms. The molecule has 0 aliphatic rings. The Morgan fingerprint density at radius 3 is 2.80 bits per heavy atom. The van der Waals surface area contributed by atoms with E-state index < -0.39 is 0 Å². The van der Waals surface area contributed by atoms with Crippen molar-refractivity contribution in [3.63, 3.8) is 0 Å². The van der Waals surface area contributed by atoms with Crippen LogP contribution in [0, 0.1) is 0 Å². The van der Waals surface area contributed by atoms with Crippen LogP contribution in [0.4, 0.5) is 0 Å². The van der Waals surface area contributed by atoms with E-state index in [1.54, 1.807) is 13.2 Å². The summed E-state index contributed by atoms with van der Waals surface area (Å²) in [4.78, 5) is 0. The van der Waals surface area contributed by atoms with Gasteiger partial charge in [-0.05, 0) is 60.2 Å². The van der Waals surface area contributed by atoms with Crippen LogP contribution in [0.5, 0.6) is 11.5 Å². The van der Waals surface area contributed by atoms with Crippen LogP contribution < -0.4 is 20.1 Å². The molecule has 112 valence electrons. The molecule has 1 rings (SSSR count). The van der Waals surface area contributed by atoms with Gasteiger partial charge >= 0.3 is 0 Å². The van der Waals surface area contributed by atoms with E-state index in [0.717, 1.165) is 41.8 Å². The van der Waals surface area contributed by atoms with Crippen molar-refractivity contribution in [3.8, 4) is 11.5 Å². The molecule has 2 N–H and O–H groups in total. The highest BCUT2D eigenvalue weighted by atomic mass is 79.9. The van der Waals surface area contributed by atoms with Gasteiger partial charge < -0.3 is 20.1 Å². The first kappa shape index (κ1) is 17.0. The number of halogens is 1. The summed E-state index contributed by atoms with van der Waals surface area (Å²) in [6.45, 7) is 6.91. The maximum Gasteiger partial charge on any atom is 0.175 e. The van der Waals surface area contributed by atoms with Crippen molar-refractivity contribution in [1.82, 2.24) is 10.6 Å². The van der Waals surface area contributed by atoms with E-state index in [-0.39, 0.29) is 0 Å². The minimum atomic E-state index is 0.455. The molecule has 0 saturated carbocycles. The Kier molecular flexibility index (Phi) is 8.34. The zero-order valence-electron chi connectivity index (χ0n) is 12.2. The molecule has 0 aliphatic heterocycles. The third kappa shape index (κ3) is 5.53. The van der Waals surface area contributed by atoms with Gasteiger partial charge in [0.15, 0.2) is 11.5 Å². The fourth-order valence-electron chi connectivity index (χ4n) is 1.78. The average molecular weight is 343 g/mol. The van der Waals surface area contributed by atoms with Crippen LogP contribution in [0.25, 0.3) is 0 Å². The molecule has 0 saturated heterocycles. The van der Waals surface area contributed by atoms with Gasteiger partial charge in [-0.3, -0.25) is 0 Å². The Hall–Kier alpha value is -1.04. The number of methoxy groups -OCH3 is 1. The van der Waals surface area contributed by atoms with Crippen molar-refractivity contribution in [2.45, 2.75) is 13.0 Å². The molecule has 0 amide bonds. The third-order valence-corrected chi connectivity index (χ3v) is 3.33. The number of nitrogens with one attached hydrogen (secondary N) is 2. The van der Waals surface area contributed by atoms with Gasteiger partial charge in [0, 0.05) is 6.54 Å². The van der Waals surface area contributed by atoms with Crippen LogP contribution >= 0.6 is 15.9 Å². The summed E-state index contributed by atoms with van der Waals surface area (Å²) in [5, 5.41) is 6.53. The Morgan fingerprint density at radius 1 is 1.35 bits per heavy atom. The molecule has 0 unspecified atom stereocenters. The minimum absolute atomic E-state index is 0.455. The fraction of sp³-hybridized carbons (Fsp3) is 0.467. The summed E-state index contributed by atoms with van der Waals surface area (Å²) >= 11 is 3.53. The highest BCUT2D eigenvalue weighted by Gasteiger charge is 2.11. The topological polar surface area (TPSA) is 42.5 Å². The number of hydrogen-bond donors (Lipinski definition) is 2. The number of ether oxygens (including phenoxy) is 2. The number of rotatable bonds is 10.